The molecule has 0 spiro atoms. The first-order valence-electron chi connectivity index (χ1n) is 9.91. The van der Waals surface area contributed by atoms with Crippen LogP contribution in [0.5, 0.6) is 0 Å². The lowest BCUT2D eigenvalue weighted by molar-refractivity contribution is 0.0116. The Morgan fingerprint density at radius 3 is 2.69 bits per heavy atom. The fraction of sp³-hybridized carbons (Fsp3) is 0.381. The Morgan fingerprint density at radius 2 is 2.03 bits per heavy atom. The Hall–Kier alpha value is -3.42. The third kappa shape index (κ3) is 4.59. The molecule has 10 nitrogen and oxygen atoms in total. The number of nitrogens with two attached hydrogens (primary N) is 2. The molecule has 2 heterocycles. The highest BCUT2D eigenvalue weighted by atomic mass is 35.5. The van der Waals surface area contributed by atoms with Gasteiger partial charge in [0, 0.05) is 13.7 Å². The number of nitrogens with zero attached hydrogens (tertiary/aromatic N) is 5. The smallest absolute Gasteiger partial charge is 0.262 e. The SMILES string of the molecule is COC(C)(C)CCn1c([C@H](C)Nc2nc(N)nc(N)c2C#N)nc2cccc(Cl)c2c1=O. The van der Waals surface area contributed by atoms with Crippen molar-refractivity contribution in [3.8, 4) is 6.07 Å². The van der Waals surface area contributed by atoms with E-state index in [0.29, 0.717) is 34.7 Å². The molecular weight excluding hydrogens is 432 g/mol. The molecule has 5 N–H and O–H groups in total. The van der Waals surface area contributed by atoms with E-state index in [9.17, 15) is 10.1 Å². The van der Waals surface area contributed by atoms with Crippen molar-refractivity contribution in [1.29, 1.82) is 5.26 Å². The van der Waals surface area contributed by atoms with E-state index in [2.05, 4.69) is 15.3 Å². The summed E-state index contributed by atoms with van der Waals surface area (Å²) in [5.74, 6) is 0.492. The van der Waals surface area contributed by atoms with Crippen LogP contribution in [0.25, 0.3) is 10.9 Å². The van der Waals surface area contributed by atoms with Crippen LogP contribution in [0, 0.1) is 11.3 Å². The van der Waals surface area contributed by atoms with Crippen molar-refractivity contribution in [2.24, 2.45) is 0 Å². The standard InChI is InChI=1S/C21H25ClN8O2/c1-11(26-17-12(10-23)16(24)28-20(25)29-17)18-27-14-7-5-6-13(22)15(14)19(31)30(18)9-8-21(2,3)32-4/h5-7,11H,8-9H2,1-4H3,(H5,24,25,26,28,29)/t11-/m0/s1. The van der Waals surface area contributed by atoms with Crippen molar-refractivity contribution in [2.45, 2.75) is 45.4 Å². The molecule has 2 aromatic heterocycles. The number of methoxy groups -OCH3 is 1. The third-order valence-corrected chi connectivity index (χ3v) is 5.57. The highest BCUT2D eigenvalue weighted by molar-refractivity contribution is 6.35. The summed E-state index contributed by atoms with van der Waals surface area (Å²) in [5, 5.41) is 13.2. The van der Waals surface area contributed by atoms with Gasteiger partial charge in [0.25, 0.3) is 5.56 Å². The minimum atomic E-state index is -0.530. The topological polar surface area (TPSA) is 158 Å². The number of fused-ring (bicyclic) bond motifs is 1. The summed E-state index contributed by atoms with van der Waals surface area (Å²) in [7, 11) is 1.62. The molecule has 0 saturated carbocycles. The van der Waals surface area contributed by atoms with Crippen LogP contribution in [0.2, 0.25) is 5.02 Å². The van der Waals surface area contributed by atoms with Gasteiger partial charge in [-0.25, -0.2) is 4.98 Å². The van der Waals surface area contributed by atoms with Gasteiger partial charge in [-0.2, -0.15) is 15.2 Å². The number of nitriles is 1. The molecule has 11 heteroatoms. The summed E-state index contributed by atoms with van der Waals surface area (Å²) in [5.41, 5.74) is 11.3. The van der Waals surface area contributed by atoms with E-state index in [0.717, 1.165) is 0 Å². The van der Waals surface area contributed by atoms with E-state index < -0.39 is 11.6 Å². The number of hydrogen-bond donors (Lipinski definition) is 3. The minimum absolute atomic E-state index is 0.0350. The first kappa shape index (κ1) is 23.2. The molecule has 0 aliphatic heterocycles. The normalized spacial score (nSPS) is 12.5. The number of anilines is 3. The second-order valence-corrected chi connectivity index (χ2v) is 8.35. The number of nitrogen functional groups attached to an aromatic ring is 2. The molecule has 0 unspecified atom stereocenters. The summed E-state index contributed by atoms with van der Waals surface area (Å²) in [6.45, 7) is 6.01. The molecule has 32 heavy (non-hydrogen) atoms. The predicted octanol–water partition coefficient (Wildman–Crippen LogP) is 2.86. The number of benzene rings is 1. The van der Waals surface area contributed by atoms with E-state index in [-0.39, 0.29) is 28.7 Å². The van der Waals surface area contributed by atoms with E-state index >= 15 is 0 Å². The van der Waals surface area contributed by atoms with Gasteiger partial charge >= 0.3 is 0 Å². The van der Waals surface area contributed by atoms with Gasteiger partial charge in [-0.3, -0.25) is 9.36 Å². The van der Waals surface area contributed by atoms with Crippen molar-refractivity contribution in [3.05, 3.63) is 45.0 Å². The van der Waals surface area contributed by atoms with Crippen molar-refractivity contribution >= 4 is 40.1 Å². The van der Waals surface area contributed by atoms with Gasteiger partial charge in [0.15, 0.2) is 5.82 Å². The third-order valence-electron chi connectivity index (χ3n) is 5.26. The minimum Gasteiger partial charge on any atom is -0.382 e. The molecule has 168 valence electrons. The summed E-state index contributed by atoms with van der Waals surface area (Å²) in [4.78, 5) is 26.0. The Bertz CT molecular complexity index is 1270. The average molecular weight is 457 g/mol. The molecule has 0 saturated heterocycles. The van der Waals surface area contributed by atoms with Crippen LogP contribution in [0.3, 0.4) is 0 Å². The molecule has 3 rings (SSSR count). The Labute approximate surface area is 190 Å². The quantitative estimate of drug-likeness (QED) is 0.485. The van der Waals surface area contributed by atoms with Gasteiger partial charge in [0.1, 0.15) is 23.3 Å². The largest absolute Gasteiger partial charge is 0.382 e. The highest BCUT2D eigenvalue weighted by Crippen LogP contribution is 2.26. The zero-order valence-electron chi connectivity index (χ0n) is 18.3. The lowest BCUT2D eigenvalue weighted by atomic mass is 10.1. The second kappa shape index (κ2) is 8.98. The molecule has 0 bridgehead atoms. The number of hydrogen-bond acceptors (Lipinski definition) is 9. The molecule has 0 aliphatic carbocycles. The maximum atomic E-state index is 13.4. The van der Waals surface area contributed by atoms with Crippen LogP contribution in [-0.2, 0) is 11.3 Å². The van der Waals surface area contributed by atoms with E-state index in [1.54, 1.807) is 36.8 Å². The van der Waals surface area contributed by atoms with Gasteiger partial charge < -0.3 is 21.5 Å². The molecule has 0 fully saturated rings. The first-order chi connectivity index (χ1) is 15.1. The first-order valence-corrected chi connectivity index (χ1v) is 10.3. The fourth-order valence-electron chi connectivity index (χ4n) is 3.25. The van der Waals surface area contributed by atoms with Crippen molar-refractivity contribution in [1.82, 2.24) is 19.5 Å². The maximum Gasteiger partial charge on any atom is 0.262 e. The maximum absolute atomic E-state index is 13.4. The molecule has 1 aromatic carbocycles. The lowest BCUT2D eigenvalue weighted by Crippen LogP contribution is -2.32. The van der Waals surface area contributed by atoms with Gasteiger partial charge in [-0.05, 0) is 39.3 Å². The van der Waals surface area contributed by atoms with Gasteiger partial charge in [-0.1, -0.05) is 17.7 Å². The summed E-state index contributed by atoms with van der Waals surface area (Å²) in [6, 6.07) is 6.56. The Balaban J connectivity index is 2.13. The fourth-order valence-corrected chi connectivity index (χ4v) is 3.50. The molecule has 0 aliphatic rings. The van der Waals surface area contributed by atoms with Crippen LogP contribution >= 0.6 is 11.6 Å². The Kier molecular flexibility index (Phi) is 6.52. The predicted molar refractivity (Wildman–Crippen MR) is 124 cm³/mol. The van der Waals surface area contributed by atoms with Gasteiger partial charge in [0.2, 0.25) is 5.95 Å². The van der Waals surface area contributed by atoms with Crippen molar-refractivity contribution in [2.75, 3.05) is 23.9 Å². The van der Waals surface area contributed by atoms with Crippen LogP contribution in [0.4, 0.5) is 17.6 Å². The number of aromatic nitrogens is 4. The number of halogens is 1. The number of rotatable bonds is 7. The van der Waals surface area contributed by atoms with E-state index in [1.165, 1.54) is 0 Å². The summed E-state index contributed by atoms with van der Waals surface area (Å²) >= 11 is 6.31. The zero-order valence-corrected chi connectivity index (χ0v) is 19.1. The molecule has 0 radical (unpaired) electrons. The second-order valence-electron chi connectivity index (χ2n) is 7.94. The van der Waals surface area contributed by atoms with E-state index in [1.807, 2.05) is 19.9 Å². The molecular formula is C21H25ClN8O2. The molecule has 3 aromatic rings. The zero-order chi connectivity index (χ0) is 23.6. The van der Waals surface area contributed by atoms with Crippen LogP contribution < -0.4 is 22.3 Å². The summed E-state index contributed by atoms with van der Waals surface area (Å²) in [6.07, 6.45) is 0.553. The van der Waals surface area contributed by atoms with Crippen molar-refractivity contribution < 1.29 is 4.74 Å². The van der Waals surface area contributed by atoms with Crippen LogP contribution in [0.1, 0.15) is 44.6 Å². The van der Waals surface area contributed by atoms with Crippen LogP contribution in [0.15, 0.2) is 23.0 Å². The number of ether oxygens (including phenoxy) is 1. The lowest BCUT2D eigenvalue weighted by Gasteiger charge is -2.25. The van der Waals surface area contributed by atoms with E-state index in [4.69, 9.17) is 32.8 Å². The molecule has 1 atom stereocenters. The Morgan fingerprint density at radius 1 is 1.31 bits per heavy atom. The molecule has 0 amide bonds. The van der Waals surface area contributed by atoms with Gasteiger partial charge in [-0.15, -0.1) is 0 Å². The average Bonchev–Trinajstić information content (AvgIpc) is 2.72. The van der Waals surface area contributed by atoms with Gasteiger partial charge in [0.05, 0.1) is 27.6 Å². The number of nitrogens with one attached hydrogen (secondary N) is 1. The van der Waals surface area contributed by atoms with Crippen LogP contribution in [-0.4, -0.2) is 32.2 Å². The highest BCUT2D eigenvalue weighted by Gasteiger charge is 2.23. The monoisotopic (exact) mass is 456 g/mol. The summed E-state index contributed by atoms with van der Waals surface area (Å²) < 4.78 is 7.07. The van der Waals surface area contributed by atoms with Crippen molar-refractivity contribution in [3.63, 3.8) is 0 Å².